The third kappa shape index (κ3) is 1.83. The molecule has 3 aromatic heterocycles. The summed E-state index contributed by atoms with van der Waals surface area (Å²) < 4.78 is 1.47. The quantitative estimate of drug-likeness (QED) is 0.586. The lowest BCUT2D eigenvalue weighted by Gasteiger charge is -2.00. The van der Waals surface area contributed by atoms with Gasteiger partial charge in [-0.15, -0.1) is 11.3 Å². The van der Waals surface area contributed by atoms with Crippen LogP contribution in [0.5, 0.6) is 0 Å². The van der Waals surface area contributed by atoms with Gasteiger partial charge >= 0.3 is 5.82 Å². The Balaban J connectivity index is 1.93. The summed E-state index contributed by atoms with van der Waals surface area (Å²) in [4.78, 5) is 19.5. The number of imidazole rings is 1. The first kappa shape index (κ1) is 11.1. The molecule has 0 bridgehead atoms. The van der Waals surface area contributed by atoms with E-state index in [1.165, 1.54) is 27.1 Å². The predicted molar refractivity (Wildman–Crippen MR) is 69.2 cm³/mol. The van der Waals surface area contributed by atoms with Crippen molar-refractivity contribution in [1.29, 1.82) is 0 Å². The predicted octanol–water partition coefficient (Wildman–Crippen LogP) is 2.37. The van der Waals surface area contributed by atoms with Crippen molar-refractivity contribution in [1.82, 2.24) is 14.4 Å². The molecule has 92 valence electrons. The van der Waals surface area contributed by atoms with Crippen LogP contribution < -0.4 is 5.32 Å². The Labute approximate surface area is 109 Å². The van der Waals surface area contributed by atoms with E-state index >= 15 is 0 Å². The lowest BCUT2D eigenvalue weighted by Crippen LogP contribution is -2.03. The molecule has 0 saturated heterocycles. The largest absolute Gasteiger partial charge is 0.372 e. The van der Waals surface area contributed by atoms with Crippen LogP contribution in [0, 0.1) is 10.1 Å². The van der Waals surface area contributed by atoms with Crippen molar-refractivity contribution in [3.05, 3.63) is 38.3 Å². The molecule has 0 atom stereocenters. The summed E-state index contributed by atoms with van der Waals surface area (Å²) in [5, 5.41) is 17.7. The summed E-state index contributed by atoms with van der Waals surface area (Å²) in [6.45, 7) is 0.426. The number of hydrogen-bond donors (Lipinski definition) is 1. The minimum absolute atomic E-state index is 0.0403. The number of aromatic nitrogens is 3. The fourth-order valence-electron chi connectivity index (χ4n) is 1.57. The maximum absolute atomic E-state index is 11.1. The monoisotopic (exact) mass is 281 g/mol. The van der Waals surface area contributed by atoms with Crippen LogP contribution in [0.15, 0.2) is 22.5 Å². The standard InChI is InChI=1S/C9H7N5O2S2/c15-14(16)8-7(10-3-6-4-17-5-11-6)12-9-13(8)1-2-18-9/h1-2,4-5,10H,3H2. The van der Waals surface area contributed by atoms with Crippen LogP contribution in [0.2, 0.25) is 0 Å². The first-order valence-corrected chi connectivity index (χ1v) is 6.79. The highest BCUT2D eigenvalue weighted by Gasteiger charge is 2.23. The van der Waals surface area contributed by atoms with Crippen LogP contribution in [0.4, 0.5) is 11.6 Å². The second-order valence-corrected chi connectivity index (χ2v) is 5.02. The Morgan fingerprint density at radius 3 is 3.17 bits per heavy atom. The van der Waals surface area contributed by atoms with E-state index in [0.717, 1.165) is 5.69 Å². The Kier molecular flexibility index (Phi) is 2.68. The van der Waals surface area contributed by atoms with Crippen molar-refractivity contribution in [3.63, 3.8) is 0 Å². The molecule has 0 fully saturated rings. The van der Waals surface area contributed by atoms with Crippen molar-refractivity contribution in [2.75, 3.05) is 5.32 Å². The fraction of sp³-hybridized carbons (Fsp3) is 0.111. The molecule has 3 aromatic rings. The minimum atomic E-state index is -0.434. The molecular formula is C9H7N5O2S2. The van der Waals surface area contributed by atoms with Gasteiger partial charge in [0.25, 0.3) is 4.96 Å². The topological polar surface area (TPSA) is 85.4 Å². The molecule has 0 spiro atoms. The Morgan fingerprint density at radius 2 is 2.44 bits per heavy atom. The van der Waals surface area contributed by atoms with E-state index in [2.05, 4.69) is 15.3 Å². The van der Waals surface area contributed by atoms with Crippen molar-refractivity contribution in [2.24, 2.45) is 0 Å². The minimum Gasteiger partial charge on any atom is -0.358 e. The lowest BCUT2D eigenvalue weighted by molar-refractivity contribution is -0.389. The van der Waals surface area contributed by atoms with E-state index in [-0.39, 0.29) is 11.6 Å². The molecule has 0 aliphatic carbocycles. The van der Waals surface area contributed by atoms with Crippen LogP contribution in [0.3, 0.4) is 0 Å². The second kappa shape index (κ2) is 4.35. The van der Waals surface area contributed by atoms with E-state index < -0.39 is 4.92 Å². The van der Waals surface area contributed by atoms with E-state index in [0.29, 0.717) is 11.5 Å². The van der Waals surface area contributed by atoms with Crippen LogP contribution in [0.1, 0.15) is 5.69 Å². The van der Waals surface area contributed by atoms with Crippen LogP contribution in [0.25, 0.3) is 4.96 Å². The molecule has 0 saturated carbocycles. The van der Waals surface area contributed by atoms with Gasteiger partial charge in [-0.05, 0) is 4.92 Å². The summed E-state index contributed by atoms with van der Waals surface area (Å²) in [6, 6.07) is 0. The molecule has 9 heteroatoms. The summed E-state index contributed by atoms with van der Waals surface area (Å²) in [7, 11) is 0. The fourth-order valence-corrected chi connectivity index (χ4v) is 2.83. The van der Waals surface area contributed by atoms with Gasteiger partial charge in [0.1, 0.15) is 6.20 Å². The average molecular weight is 281 g/mol. The third-order valence-corrected chi connectivity index (χ3v) is 3.72. The highest BCUT2D eigenvalue weighted by Crippen LogP contribution is 2.28. The zero-order chi connectivity index (χ0) is 12.5. The highest BCUT2D eigenvalue weighted by atomic mass is 32.1. The van der Waals surface area contributed by atoms with Gasteiger partial charge in [0.15, 0.2) is 0 Å². The molecule has 0 aliphatic rings. The molecule has 3 rings (SSSR count). The van der Waals surface area contributed by atoms with Gasteiger partial charge in [-0.3, -0.25) is 0 Å². The lowest BCUT2D eigenvalue weighted by atomic mass is 10.5. The molecule has 1 N–H and O–H groups in total. The van der Waals surface area contributed by atoms with Crippen molar-refractivity contribution in [3.8, 4) is 0 Å². The number of nitro groups is 1. The molecule has 3 heterocycles. The Morgan fingerprint density at radius 1 is 1.56 bits per heavy atom. The Bertz CT molecular complexity index is 687. The molecule has 0 amide bonds. The number of anilines is 1. The van der Waals surface area contributed by atoms with Crippen molar-refractivity contribution in [2.45, 2.75) is 6.54 Å². The van der Waals surface area contributed by atoms with E-state index in [4.69, 9.17) is 0 Å². The number of fused-ring (bicyclic) bond motifs is 1. The highest BCUT2D eigenvalue weighted by molar-refractivity contribution is 7.15. The van der Waals surface area contributed by atoms with Crippen LogP contribution >= 0.6 is 22.7 Å². The van der Waals surface area contributed by atoms with Gasteiger partial charge in [0, 0.05) is 10.8 Å². The molecule has 18 heavy (non-hydrogen) atoms. The first-order valence-electron chi connectivity index (χ1n) is 4.96. The second-order valence-electron chi connectivity index (χ2n) is 3.43. The first-order chi connectivity index (χ1) is 8.75. The molecule has 0 unspecified atom stereocenters. The van der Waals surface area contributed by atoms with Crippen LogP contribution in [-0.2, 0) is 6.54 Å². The number of hydrogen-bond acceptors (Lipinski definition) is 7. The molecule has 7 nitrogen and oxygen atoms in total. The van der Waals surface area contributed by atoms with E-state index in [1.54, 1.807) is 17.1 Å². The summed E-state index contributed by atoms with van der Waals surface area (Å²) in [6.07, 6.45) is 1.64. The SMILES string of the molecule is O=[N+]([O-])c1c(NCc2cscn2)nc2sccn12. The van der Waals surface area contributed by atoms with Gasteiger partial charge in [0.05, 0.1) is 17.7 Å². The number of nitrogens with zero attached hydrogens (tertiary/aromatic N) is 4. The van der Waals surface area contributed by atoms with Gasteiger partial charge in [-0.2, -0.15) is 9.38 Å². The normalized spacial score (nSPS) is 10.9. The molecule has 0 radical (unpaired) electrons. The summed E-state index contributed by atoms with van der Waals surface area (Å²) in [5.74, 6) is 0.237. The van der Waals surface area contributed by atoms with Crippen LogP contribution in [-0.4, -0.2) is 19.3 Å². The van der Waals surface area contributed by atoms with Crippen molar-refractivity contribution < 1.29 is 4.92 Å². The van der Waals surface area contributed by atoms with Gasteiger partial charge < -0.3 is 15.4 Å². The van der Waals surface area contributed by atoms with Gasteiger partial charge in [-0.25, -0.2) is 4.98 Å². The zero-order valence-electron chi connectivity index (χ0n) is 8.94. The Hall–Kier alpha value is -2.00. The third-order valence-electron chi connectivity index (χ3n) is 2.33. The van der Waals surface area contributed by atoms with E-state index in [1.807, 2.05) is 5.38 Å². The maximum Gasteiger partial charge on any atom is 0.372 e. The number of rotatable bonds is 4. The average Bonchev–Trinajstić information content (AvgIpc) is 3.01. The molecule has 0 aliphatic heterocycles. The molecule has 0 aromatic carbocycles. The number of thiazole rings is 2. The van der Waals surface area contributed by atoms with Gasteiger partial charge in [-0.1, -0.05) is 11.3 Å². The summed E-state index contributed by atoms with van der Waals surface area (Å²) >= 11 is 2.84. The zero-order valence-corrected chi connectivity index (χ0v) is 10.6. The van der Waals surface area contributed by atoms with Crippen molar-refractivity contribution >= 4 is 39.3 Å². The molecular weight excluding hydrogens is 274 g/mol. The maximum atomic E-state index is 11.1. The number of nitrogens with one attached hydrogen (secondary N) is 1. The van der Waals surface area contributed by atoms with Gasteiger partial charge in [0.2, 0.25) is 5.82 Å². The van der Waals surface area contributed by atoms with E-state index in [9.17, 15) is 10.1 Å². The summed E-state index contributed by atoms with van der Waals surface area (Å²) in [5.41, 5.74) is 2.56. The smallest absolute Gasteiger partial charge is 0.358 e.